The zero-order chi connectivity index (χ0) is 87.5. The SMILES string of the molecule is C=C(C)C(=O)OCc1c2ccccc2cc2ccccc12.C=CC(=O)OCc1c2ccccc2cc2ccccc12.C=Cc1c2ccccc2cc2ccccc12.C=Cc1ccc(O)cc1.C=Cc1ccc2c(c1)CC=C(O)C2.C=Cc1ccc2c(c1)CC=CC2.C=Cc1cccc2c(O)cccc12.C=Cc1cccc2ccccc12.C=Cc1ccccc1. The van der Waals surface area contributed by atoms with Crippen molar-refractivity contribution in [3.05, 3.63) is 501 Å². The van der Waals surface area contributed by atoms with Crippen LogP contribution in [0, 0.1) is 0 Å². The van der Waals surface area contributed by atoms with Crippen LogP contribution in [-0.4, -0.2) is 27.3 Å². The van der Waals surface area contributed by atoms with Crippen LogP contribution in [0.4, 0.5) is 0 Å². The largest absolute Gasteiger partial charge is 0.512 e. The van der Waals surface area contributed by atoms with E-state index >= 15 is 0 Å². The van der Waals surface area contributed by atoms with Crippen molar-refractivity contribution >= 4 is 141 Å². The van der Waals surface area contributed by atoms with Gasteiger partial charge in [-0.2, -0.15) is 0 Å². The van der Waals surface area contributed by atoms with Gasteiger partial charge in [-0.1, -0.05) is 411 Å². The van der Waals surface area contributed by atoms with E-state index < -0.39 is 5.97 Å². The fourth-order valence-electron chi connectivity index (χ4n) is 14.6. The molecule has 7 nitrogen and oxygen atoms in total. The molecule has 0 fully saturated rings. The Morgan fingerprint density at radius 2 is 0.694 bits per heavy atom. The number of phenols is 2. The van der Waals surface area contributed by atoms with E-state index in [0.717, 1.165) is 101 Å². The van der Waals surface area contributed by atoms with Gasteiger partial charge in [0.25, 0.3) is 0 Å². The number of hydrogen-bond acceptors (Lipinski definition) is 7. The van der Waals surface area contributed by atoms with Gasteiger partial charge in [-0.15, -0.1) is 0 Å². The third-order valence-electron chi connectivity index (χ3n) is 21.1. The second-order valence-electron chi connectivity index (χ2n) is 29.2. The maximum atomic E-state index is 11.7. The van der Waals surface area contributed by atoms with Gasteiger partial charge in [-0.05, 0) is 211 Å². The number of carbonyl (C=O) groups is 2. The average Bonchev–Trinajstić information content (AvgIpc) is 0.790. The molecular formula is C117H102O7. The molecule has 7 heteroatoms. The molecule has 2 aliphatic rings. The van der Waals surface area contributed by atoms with Gasteiger partial charge in [0.1, 0.15) is 24.7 Å². The van der Waals surface area contributed by atoms with Crippen LogP contribution in [0.1, 0.15) is 79.2 Å². The number of aliphatic hydroxyl groups excluding tert-OH is 1. The molecule has 0 unspecified atom stereocenters. The van der Waals surface area contributed by atoms with Gasteiger partial charge >= 0.3 is 11.9 Å². The molecule has 0 heterocycles. The number of rotatable bonds is 13. The lowest BCUT2D eigenvalue weighted by Gasteiger charge is -2.13. The molecule has 3 N–H and O–H groups in total. The number of aliphatic hydroxyl groups is 1. The van der Waals surface area contributed by atoms with Crippen LogP contribution < -0.4 is 0 Å². The van der Waals surface area contributed by atoms with Crippen LogP contribution >= 0.6 is 0 Å². The Morgan fingerprint density at radius 1 is 0.323 bits per heavy atom. The summed E-state index contributed by atoms with van der Waals surface area (Å²) in [6, 6.07) is 112. The van der Waals surface area contributed by atoms with Gasteiger partial charge in [0, 0.05) is 34.6 Å². The van der Waals surface area contributed by atoms with E-state index in [4.69, 9.17) is 14.6 Å². The van der Waals surface area contributed by atoms with Crippen LogP contribution in [-0.2, 0) is 58.0 Å². The summed E-state index contributed by atoms with van der Waals surface area (Å²) in [6.45, 7) is 35.4. The first-order valence-electron chi connectivity index (χ1n) is 41.0. The van der Waals surface area contributed by atoms with Gasteiger partial charge in [-0.25, -0.2) is 9.59 Å². The zero-order valence-corrected chi connectivity index (χ0v) is 70.2. The topological polar surface area (TPSA) is 113 Å². The van der Waals surface area contributed by atoms with Crippen molar-refractivity contribution in [2.75, 3.05) is 0 Å². The van der Waals surface area contributed by atoms with E-state index in [9.17, 15) is 19.8 Å². The number of fused-ring (bicyclic) bond motifs is 10. The predicted octanol–water partition coefficient (Wildman–Crippen LogP) is 30.4. The minimum atomic E-state index is -0.401. The van der Waals surface area contributed by atoms with Crippen LogP contribution in [0.2, 0.25) is 0 Å². The molecule has 0 radical (unpaired) electrons. The summed E-state index contributed by atoms with van der Waals surface area (Å²) in [6.07, 6.45) is 24.2. The number of esters is 2. The standard InChI is InChI=1S/C19H16O2.C18H14O2.C16H12.C12H10O.C12H12O.C12H10.C12H12.C8H8O.C8H8/c1-13(2)19(20)21-12-18-16-9-5-3-7-14(16)11-15-8-4-6-10-17(15)18;1-2-18(19)20-12-17-15-9-5-3-7-13(15)11-14-8-4-6-10-16(14)17;1-2-14-15-9-5-3-7-12(15)11-13-8-4-6-10-16(13)14;1-2-9-5-3-7-11-10(9)6-4-8-12(11)13;1-2-9-3-4-11-8-12(13)6-5-10(11)7-9;1-2-10-7-5-8-11-6-3-4-9-12(10)11;1-2-10-7-8-11-5-3-4-6-12(11)9-10;1-2-7-3-5-8(9)6-4-7;1-2-8-6-4-3-5-7-8/h3-11H,1,12H2,2H3;2-11H,1,12H2;2-11H,1H2;2-8,13H,1H2;2-4,6-7,13H,1,5,8H2;2-9H,1H2;2-4,7-9H,1,5-6H2;2-6,9H,1H2;2-7H,1H2. The minimum Gasteiger partial charge on any atom is -0.512 e. The normalized spacial score (nSPS) is 11.0. The number of carbonyl (C=O) groups excluding carboxylic acids is 2. The number of allylic oxidation sites excluding steroid dienone is 4. The molecule has 0 amide bonds. The van der Waals surface area contributed by atoms with Gasteiger partial charge in [0.15, 0.2) is 0 Å². The number of benzene rings is 17. The summed E-state index contributed by atoms with van der Waals surface area (Å²) < 4.78 is 10.6. The van der Waals surface area contributed by atoms with Crippen molar-refractivity contribution in [1.82, 2.24) is 0 Å². The highest BCUT2D eigenvalue weighted by Crippen LogP contribution is 2.34. The number of aromatic hydroxyl groups is 2. The van der Waals surface area contributed by atoms with E-state index in [1.54, 1.807) is 37.3 Å². The Morgan fingerprint density at radius 3 is 1.16 bits per heavy atom. The summed E-state index contributed by atoms with van der Waals surface area (Å²) >= 11 is 0. The maximum absolute atomic E-state index is 11.7. The lowest BCUT2D eigenvalue weighted by molar-refractivity contribution is -0.140. The third-order valence-corrected chi connectivity index (χ3v) is 21.1. The molecular weight excluding hydrogens is 1520 g/mol. The third kappa shape index (κ3) is 24.1. The summed E-state index contributed by atoms with van der Waals surface area (Å²) in [5.74, 6) is 0.342. The number of hydrogen-bond donors (Lipinski definition) is 3. The molecule has 0 aromatic heterocycles. The molecule has 17 aromatic rings. The zero-order valence-electron chi connectivity index (χ0n) is 70.2. The highest BCUT2D eigenvalue weighted by molar-refractivity contribution is 6.07. The molecule has 0 saturated heterocycles. The summed E-state index contributed by atoms with van der Waals surface area (Å²) in [5.41, 5.74) is 16.0. The summed E-state index contributed by atoms with van der Waals surface area (Å²) in [7, 11) is 0. The highest BCUT2D eigenvalue weighted by atomic mass is 16.5. The average molecular weight is 1620 g/mol. The highest BCUT2D eigenvalue weighted by Gasteiger charge is 2.14. The smallest absolute Gasteiger partial charge is 0.333 e. The molecule has 17 aromatic carbocycles. The van der Waals surface area contributed by atoms with Gasteiger partial charge < -0.3 is 24.8 Å². The second kappa shape index (κ2) is 45.5. The van der Waals surface area contributed by atoms with Crippen molar-refractivity contribution in [2.24, 2.45) is 0 Å². The van der Waals surface area contributed by atoms with E-state index in [1.165, 1.54) is 82.9 Å². The molecule has 19 rings (SSSR count). The van der Waals surface area contributed by atoms with Gasteiger partial charge in [0.05, 0.1) is 5.76 Å². The lowest BCUT2D eigenvalue weighted by atomic mass is 9.94. The maximum Gasteiger partial charge on any atom is 0.333 e. The summed E-state index contributed by atoms with van der Waals surface area (Å²) in [4.78, 5) is 23.0. The van der Waals surface area contributed by atoms with Crippen LogP contribution in [0.15, 0.2) is 428 Å². The van der Waals surface area contributed by atoms with Crippen molar-refractivity contribution in [3.8, 4) is 11.5 Å². The first-order valence-corrected chi connectivity index (χ1v) is 41.0. The molecule has 0 saturated carbocycles. The van der Waals surface area contributed by atoms with Crippen molar-refractivity contribution in [3.63, 3.8) is 0 Å². The van der Waals surface area contributed by atoms with Crippen molar-refractivity contribution < 1.29 is 34.4 Å². The molecule has 124 heavy (non-hydrogen) atoms. The monoisotopic (exact) mass is 1620 g/mol. The molecule has 0 aliphatic heterocycles. The van der Waals surface area contributed by atoms with Crippen molar-refractivity contribution in [2.45, 2.75) is 45.8 Å². The molecule has 0 spiro atoms. The number of ether oxygens (including phenoxy) is 2. The van der Waals surface area contributed by atoms with E-state index in [-0.39, 0.29) is 19.2 Å². The molecule has 0 atom stereocenters. The van der Waals surface area contributed by atoms with Crippen LogP contribution in [0.5, 0.6) is 11.5 Å². The Bertz CT molecular complexity index is 6610. The van der Waals surface area contributed by atoms with Crippen LogP contribution in [0.3, 0.4) is 0 Å². The minimum absolute atomic E-state index is 0.257. The first kappa shape index (κ1) is 89.1. The first-order chi connectivity index (χ1) is 60.5. The summed E-state index contributed by atoms with van der Waals surface area (Å²) in [5, 5.41) is 46.3. The van der Waals surface area contributed by atoms with E-state index in [1.807, 2.05) is 164 Å². The molecule has 0 bridgehead atoms. The van der Waals surface area contributed by atoms with E-state index in [2.05, 4.69) is 259 Å². The fourth-order valence-corrected chi connectivity index (χ4v) is 14.6. The lowest BCUT2D eigenvalue weighted by Crippen LogP contribution is -2.05. The van der Waals surface area contributed by atoms with Crippen molar-refractivity contribution in [1.29, 1.82) is 0 Å². The second-order valence-corrected chi connectivity index (χ2v) is 29.2. The Balaban J connectivity index is 0.000000138. The van der Waals surface area contributed by atoms with Gasteiger partial charge in [-0.3, -0.25) is 0 Å². The van der Waals surface area contributed by atoms with E-state index in [0.29, 0.717) is 29.3 Å². The van der Waals surface area contributed by atoms with Gasteiger partial charge in [0.2, 0.25) is 0 Å². The quantitative estimate of drug-likeness (QED) is 0.0456. The van der Waals surface area contributed by atoms with Crippen LogP contribution in [0.25, 0.3) is 129 Å². The fraction of sp³-hybridized carbons (Fsp3) is 0.0598. The molecule has 2 aliphatic carbocycles. The Labute approximate surface area is 728 Å². The Hall–Kier alpha value is -15.7. The predicted molar refractivity (Wildman–Crippen MR) is 531 cm³/mol. The molecule has 612 valence electrons. The number of phenolic OH excluding ortho intramolecular Hbond substituents is 2. The Kier molecular flexibility index (Phi) is 32.7.